The van der Waals surface area contributed by atoms with Gasteiger partial charge in [-0.15, -0.1) is 0 Å². The Morgan fingerprint density at radius 3 is 2.23 bits per heavy atom. The largest absolute Gasteiger partial charge is 0.496 e. The minimum absolute atomic E-state index is 0.419. The van der Waals surface area contributed by atoms with Crippen molar-refractivity contribution in [2.24, 2.45) is 0 Å². The third-order valence-corrected chi connectivity index (χ3v) is 6.48. The summed E-state index contributed by atoms with van der Waals surface area (Å²) in [5.41, 5.74) is 2.52. The van der Waals surface area contributed by atoms with Crippen molar-refractivity contribution in [2.75, 3.05) is 18.0 Å². The summed E-state index contributed by atoms with van der Waals surface area (Å²) in [5, 5.41) is 0. The first-order chi connectivity index (χ1) is 14.2. The van der Waals surface area contributed by atoms with Crippen molar-refractivity contribution in [1.82, 2.24) is 4.98 Å². The van der Waals surface area contributed by atoms with Gasteiger partial charge in [0.2, 0.25) is 5.95 Å². The minimum atomic E-state index is -0.556. The Labute approximate surface area is 179 Å². The molecule has 0 atom stereocenters. The van der Waals surface area contributed by atoms with Gasteiger partial charge in [-0.3, -0.25) is 0 Å². The maximum absolute atomic E-state index is 14.3. The second-order valence-electron chi connectivity index (χ2n) is 9.21. The zero-order valence-corrected chi connectivity index (χ0v) is 18.3. The molecule has 2 fully saturated rings. The monoisotopic (exact) mass is 408 g/mol. The lowest BCUT2D eigenvalue weighted by Crippen LogP contribution is -2.41. The van der Waals surface area contributed by atoms with E-state index >= 15 is 0 Å². The molecule has 0 radical (unpaired) electrons. The molecule has 0 spiro atoms. The van der Waals surface area contributed by atoms with Crippen LogP contribution in [-0.4, -0.2) is 36.4 Å². The van der Waals surface area contributed by atoms with Crippen LogP contribution in [0.1, 0.15) is 58.1 Å². The van der Waals surface area contributed by atoms with Crippen molar-refractivity contribution >= 4 is 30.4 Å². The van der Waals surface area contributed by atoms with E-state index in [4.69, 9.17) is 9.31 Å². The standard InChI is InChI=1S/C24H30BFN2O2/c1-23(2)24(3,4)30-25(29-23)20-16-19(22(26)27-17-20)11-8-18-9-12-21(13-10-18)28-14-6-5-7-15-28/h8-13,16-17H,5-7,14-15H2,1-4H3. The van der Waals surface area contributed by atoms with Crippen LogP contribution in [0.2, 0.25) is 0 Å². The third-order valence-electron chi connectivity index (χ3n) is 6.48. The average Bonchev–Trinajstić information content (AvgIpc) is 2.95. The van der Waals surface area contributed by atoms with Crippen LogP contribution in [0, 0.1) is 5.95 Å². The van der Waals surface area contributed by atoms with E-state index in [9.17, 15) is 4.39 Å². The summed E-state index contributed by atoms with van der Waals surface area (Å²) < 4.78 is 26.4. The lowest BCUT2D eigenvalue weighted by atomic mass is 9.79. The fraction of sp³-hybridized carbons (Fsp3) is 0.458. The van der Waals surface area contributed by atoms with E-state index in [0.717, 1.165) is 24.1 Å². The summed E-state index contributed by atoms with van der Waals surface area (Å²) in [5.74, 6) is -0.503. The number of rotatable bonds is 4. The number of benzene rings is 1. The minimum Gasteiger partial charge on any atom is -0.399 e. The van der Waals surface area contributed by atoms with Crippen molar-refractivity contribution in [3.05, 3.63) is 53.6 Å². The quantitative estimate of drug-likeness (QED) is 0.544. The summed E-state index contributed by atoms with van der Waals surface area (Å²) in [6.07, 6.45) is 8.99. The van der Waals surface area contributed by atoms with E-state index in [1.54, 1.807) is 12.1 Å². The van der Waals surface area contributed by atoms with Gasteiger partial charge in [0, 0.05) is 36.0 Å². The molecule has 1 aromatic heterocycles. The molecule has 0 N–H and O–H groups in total. The molecule has 0 bridgehead atoms. The summed E-state index contributed by atoms with van der Waals surface area (Å²) in [4.78, 5) is 6.35. The number of pyridine rings is 1. The molecule has 2 saturated heterocycles. The highest BCUT2D eigenvalue weighted by Gasteiger charge is 2.51. The Balaban J connectivity index is 1.49. The Bertz CT molecular complexity index is 905. The Kier molecular flexibility index (Phi) is 5.73. The molecule has 1 aromatic carbocycles. The van der Waals surface area contributed by atoms with E-state index in [1.165, 1.54) is 31.1 Å². The molecule has 0 aliphatic carbocycles. The van der Waals surface area contributed by atoms with Gasteiger partial charge in [0.15, 0.2) is 0 Å². The van der Waals surface area contributed by atoms with Gasteiger partial charge < -0.3 is 14.2 Å². The highest BCUT2D eigenvalue weighted by Crippen LogP contribution is 2.36. The second-order valence-corrected chi connectivity index (χ2v) is 9.21. The smallest absolute Gasteiger partial charge is 0.399 e. The molecule has 0 amide bonds. The van der Waals surface area contributed by atoms with Crippen LogP contribution in [0.3, 0.4) is 0 Å². The van der Waals surface area contributed by atoms with Gasteiger partial charge in [-0.05, 0) is 76.8 Å². The highest BCUT2D eigenvalue weighted by molar-refractivity contribution is 6.62. The number of aromatic nitrogens is 1. The fourth-order valence-corrected chi connectivity index (χ4v) is 3.84. The molecule has 6 heteroatoms. The summed E-state index contributed by atoms with van der Waals surface area (Å²) in [6.45, 7) is 10.2. The average molecular weight is 408 g/mol. The summed E-state index contributed by atoms with van der Waals surface area (Å²) >= 11 is 0. The Morgan fingerprint density at radius 1 is 0.967 bits per heavy atom. The third kappa shape index (κ3) is 4.30. The maximum atomic E-state index is 14.3. The van der Waals surface area contributed by atoms with Gasteiger partial charge in [0.1, 0.15) is 0 Å². The van der Waals surface area contributed by atoms with Crippen molar-refractivity contribution in [3.63, 3.8) is 0 Å². The van der Waals surface area contributed by atoms with E-state index in [1.807, 2.05) is 33.8 Å². The SMILES string of the molecule is CC1(C)OB(c2cnc(F)c(C=Cc3ccc(N4CCCCC4)cc3)c2)OC1(C)C. The molecule has 2 aliphatic rings. The van der Waals surface area contributed by atoms with Crippen LogP contribution in [0.4, 0.5) is 10.1 Å². The maximum Gasteiger partial charge on any atom is 0.496 e. The van der Waals surface area contributed by atoms with Crippen LogP contribution in [-0.2, 0) is 9.31 Å². The van der Waals surface area contributed by atoms with Crippen molar-refractivity contribution in [1.29, 1.82) is 0 Å². The molecule has 158 valence electrons. The molecule has 4 nitrogen and oxygen atoms in total. The molecular formula is C24H30BFN2O2. The first-order valence-electron chi connectivity index (χ1n) is 10.8. The number of piperidine rings is 1. The van der Waals surface area contributed by atoms with Crippen LogP contribution in [0.5, 0.6) is 0 Å². The zero-order valence-electron chi connectivity index (χ0n) is 18.3. The number of nitrogens with zero attached hydrogens (tertiary/aromatic N) is 2. The van der Waals surface area contributed by atoms with Crippen molar-refractivity contribution in [2.45, 2.75) is 58.2 Å². The summed E-state index contributed by atoms with van der Waals surface area (Å²) in [7, 11) is -0.556. The molecule has 2 aromatic rings. The number of hydrogen-bond donors (Lipinski definition) is 0. The van der Waals surface area contributed by atoms with E-state index in [-0.39, 0.29) is 0 Å². The number of hydrogen-bond acceptors (Lipinski definition) is 4. The molecule has 30 heavy (non-hydrogen) atoms. The molecule has 0 unspecified atom stereocenters. The normalized spacial score (nSPS) is 20.8. The predicted octanol–water partition coefficient (Wildman–Crippen LogP) is 4.68. The lowest BCUT2D eigenvalue weighted by Gasteiger charge is -2.32. The number of halogens is 1. The molecule has 0 saturated carbocycles. The lowest BCUT2D eigenvalue weighted by molar-refractivity contribution is 0.00578. The van der Waals surface area contributed by atoms with E-state index in [2.05, 4.69) is 34.1 Å². The van der Waals surface area contributed by atoms with E-state index < -0.39 is 24.3 Å². The topological polar surface area (TPSA) is 34.6 Å². The van der Waals surface area contributed by atoms with Crippen molar-refractivity contribution in [3.8, 4) is 0 Å². The first kappa shape index (κ1) is 21.1. The van der Waals surface area contributed by atoms with Gasteiger partial charge in [0.05, 0.1) is 11.2 Å². The van der Waals surface area contributed by atoms with Crippen LogP contribution < -0.4 is 10.4 Å². The first-order valence-corrected chi connectivity index (χ1v) is 10.8. The van der Waals surface area contributed by atoms with Gasteiger partial charge in [-0.25, -0.2) is 4.98 Å². The molecule has 4 rings (SSSR count). The predicted molar refractivity (Wildman–Crippen MR) is 121 cm³/mol. The van der Waals surface area contributed by atoms with Gasteiger partial charge >= 0.3 is 7.12 Å². The molecule has 3 heterocycles. The molecular weight excluding hydrogens is 378 g/mol. The van der Waals surface area contributed by atoms with Crippen molar-refractivity contribution < 1.29 is 13.7 Å². The van der Waals surface area contributed by atoms with E-state index in [0.29, 0.717) is 5.56 Å². The highest BCUT2D eigenvalue weighted by atomic mass is 19.1. The molecule has 2 aliphatic heterocycles. The van der Waals surface area contributed by atoms with Gasteiger partial charge in [0.25, 0.3) is 0 Å². The van der Waals surface area contributed by atoms with Gasteiger partial charge in [-0.2, -0.15) is 4.39 Å². The fourth-order valence-electron chi connectivity index (χ4n) is 3.84. The van der Waals surface area contributed by atoms with Crippen LogP contribution >= 0.6 is 0 Å². The Morgan fingerprint density at radius 2 is 1.60 bits per heavy atom. The Hall–Kier alpha value is -2.18. The van der Waals surface area contributed by atoms with Gasteiger partial charge in [-0.1, -0.05) is 18.2 Å². The second kappa shape index (κ2) is 8.16. The van der Waals surface area contributed by atoms with Crippen LogP contribution in [0.25, 0.3) is 12.2 Å². The van der Waals surface area contributed by atoms with Crippen LogP contribution in [0.15, 0.2) is 36.5 Å². The number of anilines is 1. The summed E-state index contributed by atoms with van der Waals surface area (Å²) in [6, 6.07) is 10.2. The zero-order chi connectivity index (χ0) is 21.4.